The standard InChI is InChI=1S/C10H15F3N4/c1-6(2)17(5-10(11,12)13)8-4-3-7(14)9(15)16-8/h3-4,6H,5,14H2,1-2H3,(H2,15,16). The highest BCUT2D eigenvalue weighted by molar-refractivity contribution is 5.62. The van der Waals surface area contributed by atoms with E-state index in [4.69, 9.17) is 11.5 Å². The number of rotatable bonds is 3. The lowest BCUT2D eigenvalue weighted by Crippen LogP contribution is -2.39. The summed E-state index contributed by atoms with van der Waals surface area (Å²) < 4.78 is 37.2. The largest absolute Gasteiger partial charge is 0.405 e. The molecule has 0 aliphatic rings. The minimum Gasteiger partial charge on any atom is -0.396 e. The Bertz CT molecular complexity index is 390. The van der Waals surface area contributed by atoms with Crippen LogP contribution in [0.3, 0.4) is 0 Å². The lowest BCUT2D eigenvalue weighted by atomic mass is 10.3. The zero-order valence-corrected chi connectivity index (χ0v) is 9.62. The van der Waals surface area contributed by atoms with E-state index in [-0.39, 0.29) is 23.4 Å². The Morgan fingerprint density at radius 1 is 1.29 bits per heavy atom. The molecule has 0 atom stereocenters. The average molecular weight is 248 g/mol. The van der Waals surface area contributed by atoms with Gasteiger partial charge in [-0.25, -0.2) is 4.98 Å². The Kier molecular flexibility index (Phi) is 3.69. The quantitative estimate of drug-likeness (QED) is 0.858. The molecule has 7 heteroatoms. The number of nitrogen functional groups attached to an aromatic ring is 2. The maximum atomic E-state index is 12.4. The van der Waals surface area contributed by atoms with Gasteiger partial charge in [0, 0.05) is 6.04 Å². The number of pyridine rings is 1. The molecule has 1 aromatic heterocycles. The molecule has 0 aliphatic heterocycles. The van der Waals surface area contributed by atoms with Gasteiger partial charge in [-0.3, -0.25) is 0 Å². The summed E-state index contributed by atoms with van der Waals surface area (Å²) >= 11 is 0. The van der Waals surface area contributed by atoms with Gasteiger partial charge in [0.1, 0.15) is 18.2 Å². The molecular formula is C10H15F3N4. The van der Waals surface area contributed by atoms with Gasteiger partial charge in [0.2, 0.25) is 0 Å². The number of hydrogen-bond acceptors (Lipinski definition) is 4. The van der Waals surface area contributed by atoms with Crippen molar-refractivity contribution in [1.82, 2.24) is 4.98 Å². The van der Waals surface area contributed by atoms with Gasteiger partial charge in [0.05, 0.1) is 5.69 Å². The zero-order valence-electron chi connectivity index (χ0n) is 9.62. The van der Waals surface area contributed by atoms with Gasteiger partial charge in [-0.15, -0.1) is 0 Å². The molecule has 0 radical (unpaired) electrons. The van der Waals surface area contributed by atoms with E-state index in [9.17, 15) is 13.2 Å². The fourth-order valence-corrected chi connectivity index (χ4v) is 1.36. The second-order valence-corrected chi connectivity index (χ2v) is 3.98. The van der Waals surface area contributed by atoms with Crippen molar-refractivity contribution in [3.05, 3.63) is 12.1 Å². The van der Waals surface area contributed by atoms with E-state index < -0.39 is 12.7 Å². The molecule has 1 aromatic rings. The van der Waals surface area contributed by atoms with E-state index >= 15 is 0 Å². The number of anilines is 3. The van der Waals surface area contributed by atoms with Crippen LogP contribution in [-0.4, -0.2) is 23.7 Å². The van der Waals surface area contributed by atoms with Crippen molar-refractivity contribution in [1.29, 1.82) is 0 Å². The molecule has 4 N–H and O–H groups in total. The smallest absolute Gasteiger partial charge is 0.396 e. The van der Waals surface area contributed by atoms with Crippen LogP contribution in [0, 0.1) is 0 Å². The van der Waals surface area contributed by atoms with Crippen molar-refractivity contribution in [2.75, 3.05) is 22.9 Å². The summed E-state index contributed by atoms with van der Waals surface area (Å²) in [5.41, 5.74) is 11.2. The van der Waals surface area contributed by atoms with Crippen LogP contribution in [0.25, 0.3) is 0 Å². The van der Waals surface area contributed by atoms with Crippen LogP contribution in [0.4, 0.5) is 30.5 Å². The highest BCUT2D eigenvalue weighted by Gasteiger charge is 2.32. The van der Waals surface area contributed by atoms with E-state index in [1.54, 1.807) is 13.8 Å². The molecule has 96 valence electrons. The van der Waals surface area contributed by atoms with E-state index in [2.05, 4.69) is 4.98 Å². The topological polar surface area (TPSA) is 68.2 Å². The van der Waals surface area contributed by atoms with Crippen LogP contribution in [0.15, 0.2) is 12.1 Å². The number of nitrogens with zero attached hydrogens (tertiary/aromatic N) is 2. The molecule has 17 heavy (non-hydrogen) atoms. The third kappa shape index (κ3) is 3.69. The van der Waals surface area contributed by atoms with Crippen LogP contribution in [0.2, 0.25) is 0 Å². The second kappa shape index (κ2) is 4.68. The van der Waals surface area contributed by atoms with E-state index in [0.717, 1.165) is 4.90 Å². The van der Waals surface area contributed by atoms with Gasteiger partial charge in [-0.1, -0.05) is 0 Å². The lowest BCUT2D eigenvalue weighted by molar-refractivity contribution is -0.120. The van der Waals surface area contributed by atoms with Crippen molar-refractivity contribution >= 4 is 17.3 Å². The molecule has 0 spiro atoms. The van der Waals surface area contributed by atoms with Crippen LogP contribution < -0.4 is 16.4 Å². The van der Waals surface area contributed by atoms with Crippen LogP contribution in [0.1, 0.15) is 13.8 Å². The predicted molar refractivity (Wildman–Crippen MR) is 61.6 cm³/mol. The summed E-state index contributed by atoms with van der Waals surface area (Å²) in [6.07, 6.45) is -4.29. The first kappa shape index (κ1) is 13.4. The van der Waals surface area contributed by atoms with Gasteiger partial charge in [0.15, 0.2) is 0 Å². The molecule has 0 saturated carbocycles. The summed E-state index contributed by atoms with van der Waals surface area (Å²) in [6.45, 7) is 2.24. The van der Waals surface area contributed by atoms with E-state index in [1.807, 2.05) is 0 Å². The molecule has 0 unspecified atom stereocenters. The SMILES string of the molecule is CC(C)N(CC(F)(F)F)c1ccc(N)c(N)n1. The molecule has 0 bridgehead atoms. The fraction of sp³-hybridized carbons (Fsp3) is 0.500. The first-order chi connectivity index (χ1) is 7.70. The van der Waals surface area contributed by atoms with Crippen LogP contribution in [0.5, 0.6) is 0 Å². The highest BCUT2D eigenvalue weighted by atomic mass is 19.4. The fourth-order valence-electron chi connectivity index (χ4n) is 1.36. The number of halogens is 3. The monoisotopic (exact) mass is 248 g/mol. The molecule has 0 amide bonds. The summed E-state index contributed by atoms with van der Waals surface area (Å²) in [4.78, 5) is 4.98. The van der Waals surface area contributed by atoms with Crippen molar-refractivity contribution in [3.63, 3.8) is 0 Å². The predicted octanol–water partition coefficient (Wildman–Crippen LogP) is 2.02. The molecule has 0 aliphatic carbocycles. The van der Waals surface area contributed by atoms with Crippen molar-refractivity contribution in [2.45, 2.75) is 26.1 Å². The molecule has 4 nitrogen and oxygen atoms in total. The normalized spacial score (nSPS) is 11.9. The molecule has 0 fully saturated rings. The minimum absolute atomic E-state index is 0.0373. The average Bonchev–Trinajstić information content (AvgIpc) is 2.17. The third-order valence-electron chi connectivity index (χ3n) is 2.21. The highest BCUT2D eigenvalue weighted by Crippen LogP contribution is 2.24. The number of hydrogen-bond donors (Lipinski definition) is 2. The molecule has 1 rings (SSSR count). The number of aromatic nitrogens is 1. The first-order valence-corrected chi connectivity index (χ1v) is 5.06. The van der Waals surface area contributed by atoms with Crippen LogP contribution >= 0.6 is 0 Å². The minimum atomic E-state index is -4.29. The van der Waals surface area contributed by atoms with E-state index in [1.165, 1.54) is 12.1 Å². The van der Waals surface area contributed by atoms with Crippen LogP contribution in [-0.2, 0) is 0 Å². The summed E-state index contributed by atoms with van der Waals surface area (Å²) in [5, 5.41) is 0. The molecule has 0 saturated heterocycles. The van der Waals surface area contributed by atoms with Crippen molar-refractivity contribution in [3.8, 4) is 0 Å². The first-order valence-electron chi connectivity index (χ1n) is 5.06. The summed E-state index contributed by atoms with van der Waals surface area (Å²) in [5.74, 6) is 0.208. The molecule has 0 aromatic carbocycles. The number of nitrogens with two attached hydrogens (primary N) is 2. The molecular weight excluding hydrogens is 233 g/mol. The Balaban J connectivity index is 3.02. The van der Waals surface area contributed by atoms with Gasteiger partial charge in [-0.2, -0.15) is 13.2 Å². The maximum absolute atomic E-state index is 12.4. The van der Waals surface area contributed by atoms with Gasteiger partial charge in [-0.05, 0) is 26.0 Å². The zero-order chi connectivity index (χ0) is 13.2. The van der Waals surface area contributed by atoms with Crippen molar-refractivity contribution < 1.29 is 13.2 Å². The Morgan fingerprint density at radius 2 is 1.88 bits per heavy atom. The maximum Gasteiger partial charge on any atom is 0.405 e. The summed E-state index contributed by atoms with van der Waals surface area (Å²) in [7, 11) is 0. The Hall–Kier alpha value is -1.66. The summed E-state index contributed by atoms with van der Waals surface area (Å²) in [6, 6.07) is 2.54. The third-order valence-corrected chi connectivity index (χ3v) is 2.21. The van der Waals surface area contributed by atoms with Crippen molar-refractivity contribution in [2.24, 2.45) is 0 Å². The van der Waals surface area contributed by atoms with Gasteiger partial charge >= 0.3 is 6.18 Å². The lowest BCUT2D eigenvalue weighted by Gasteiger charge is -2.29. The number of alkyl halides is 3. The van der Waals surface area contributed by atoms with Gasteiger partial charge in [0.25, 0.3) is 0 Å². The second-order valence-electron chi connectivity index (χ2n) is 3.98. The Morgan fingerprint density at radius 3 is 2.29 bits per heavy atom. The Labute approximate surface area is 97.4 Å². The molecule has 1 heterocycles. The van der Waals surface area contributed by atoms with E-state index in [0.29, 0.717) is 0 Å². The van der Waals surface area contributed by atoms with Gasteiger partial charge < -0.3 is 16.4 Å².